The Labute approximate surface area is 131 Å². The van der Waals surface area contributed by atoms with Crippen molar-refractivity contribution in [2.45, 2.75) is 72.3 Å². The van der Waals surface area contributed by atoms with Crippen LogP contribution in [0.2, 0.25) is 0 Å². The number of anilines is 1. The number of rotatable bonds is 11. The molecule has 1 aromatic carbocycles. The van der Waals surface area contributed by atoms with Crippen molar-refractivity contribution in [2.75, 3.05) is 11.9 Å². The molecule has 0 fully saturated rings. The van der Waals surface area contributed by atoms with Crippen LogP contribution in [-0.4, -0.2) is 12.6 Å². The van der Waals surface area contributed by atoms with Crippen LogP contribution in [0.3, 0.4) is 0 Å². The van der Waals surface area contributed by atoms with Crippen LogP contribution in [0.4, 0.5) is 5.69 Å². The summed E-state index contributed by atoms with van der Waals surface area (Å²) in [6, 6.07) is 8.84. The van der Waals surface area contributed by atoms with Gasteiger partial charge in [-0.2, -0.15) is 0 Å². The third-order valence-corrected chi connectivity index (χ3v) is 3.57. The molecule has 1 N–H and O–H groups in total. The van der Waals surface area contributed by atoms with Crippen LogP contribution in [0.25, 0.3) is 0 Å². The molecule has 1 unspecified atom stereocenters. The quantitative estimate of drug-likeness (QED) is 0.514. The second-order valence-electron chi connectivity index (χ2n) is 6.48. The maximum Gasteiger partial charge on any atom is 0.121 e. The zero-order valence-corrected chi connectivity index (χ0v) is 14.3. The lowest BCUT2D eigenvalue weighted by Crippen LogP contribution is -2.15. The second-order valence-corrected chi connectivity index (χ2v) is 6.48. The van der Waals surface area contributed by atoms with E-state index in [4.69, 9.17) is 4.74 Å². The number of hydrogen-bond donors (Lipinski definition) is 1. The highest BCUT2D eigenvalue weighted by Crippen LogP contribution is 2.20. The Morgan fingerprint density at radius 1 is 1.05 bits per heavy atom. The average Bonchev–Trinajstić information content (AvgIpc) is 2.45. The minimum Gasteiger partial charge on any atom is -0.493 e. The second kappa shape index (κ2) is 10.5. The van der Waals surface area contributed by atoms with Crippen molar-refractivity contribution in [3.05, 3.63) is 24.3 Å². The Hall–Kier alpha value is -1.18. The van der Waals surface area contributed by atoms with E-state index in [1.165, 1.54) is 38.5 Å². The molecule has 1 aromatic rings. The van der Waals surface area contributed by atoms with Gasteiger partial charge in [-0.05, 0) is 31.4 Å². The first-order valence-electron chi connectivity index (χ1n) is 8.61. The van der Waals surface area contributed by atoms with E-state index in [2.05, 4.69) is 51.2 Å². The molecule has 0 saturated heterocycles. The molecular weight excluding hydrogens is 258 g/mol. The van der Waals surface area contributed by atoms with Crippen molar-refractivity contribution in [3.8, 4) is 5.75 Å². The summed E-state index contributed by atoms with van der Waals surface area (Å²) in [5.41, 5.74) is 1.16. The Bertz CT molecular complexity index is 376. The molecule has 120 valence electrons. The monoisotopic (exact) mass is 291 g/mol. The minimum atomic E-state index is 0.520. The van der Waals surface area contributed by atoms with Crippen molar-refractivity contribution in [1.29, 1.82) is 0 Å². The Balaban J connectivity index is 2.31. The molecule has 0 aromatic heterocycles. The fourth-order valence-corrected chi connectivity index (χ4v) is 2.35. The van der Waals surface area contributed by atoms with Gasteiger partial charge in [0.25, 0.3) is 0 Å². The van der Waals surface area contributed by atoms with E-state index in [-0.39, 0.29) is 0 Å². The molecule has 0 amide bonds. The molecular formula is C19H33NO. The molecule has 0 radical (unpaired) electrons. The summed E-state index contributed by atoms with van der Waals surface area (Å²) >= 11 is 0. The summed E-state index contributed by atoms with van der Waals surface area (Å²) in [6.07, 6.45) is 7.98. The first-order valence-corrected chi connectivity index (χ1v) is 8.61. The largest absolute Gasteiger partial charge is 0.493 e. The predicted molar refractivity (Wildman–Crippen MR) is 93.2 cm³/mol. The van der Waals surface area contributed by atoms with Gasteiger partial charge in [0.2, 0.25) is 0 Å². The van der Waals surface area contributed by atoms with Crippen LogP contribution in [0.5, 0.6) is 5.75 Å². The van der Waals surface area contributed by atoms with Crippen LogP contribution in [0, 0.1) is 5.92 Å². The van der Waals surface area contributed by atoms with Crippen molar-refractivity contribution in [3.63, 3.8) is 0 Å². The minimum absolute atomic E-state index is 0.520. The number of hydrogen-bond acceptors (Lipinski definition) is 2. The van der Waals surface area contributed by atoms with Crippen LogP contribution < -0.4 is 10.1 Å². The van der Waals surface area contributed by atoms with Gasteiger partial charge in [0.05, 0.1) is 6.61 Å². The van der Waals surface area contributed by atoms with Gasteiger partial charge in [-0.15, -0.1) is 0 Å². The highest BCUT2D eigenvalue weighted by Gasteiger charge is 2.04. The molecule has 2 nitrogen and oxygen atoms in total. The first kappa shape index (κ1) is 17.9. The third kappa shape index (κ3) is 8.64. The Morgan fingerprint density at radius 3 is 2.52 bits per heavy atom. The number of unbranched alkanes of at least 4 members (excludes halogenated alkanes) is 4. The smallest absolute Gasteiger partial charge is 0.121 e. The molecule has 0 aliphatic rings. The molecule has 0 spiro atoms. The molecule has 0 aliphatic heterocycles. The predicted octanol–water partition coefficient (Wildman–Crippen LogP) is 5.88. The molecule has 2 heteroatoms. The molecule has 0 aliphatic carbocycles. The van der Waals surface area contributed by atoms with Gasteiger partial charge >= 0.3 is 0 Å². The van der Waals surface area contributed by atoms with Crippen molar-refractivity contribution < 1.29 is 4.74 Å². The Morgan fingerprint density at radius 2 is 1.81 bits per heavy atom. The van der Waals surface area contributed by atoms with E-state index < -0.39 is 0 Å². The Kier molecular flexibility index (Phi) is 8.96. The van der Waals surface area contributed by atoms with Gasteiger partial charge < -0.3 is 10.1 Å². The summed E-state index contributed by atoms with van der Waals surface area (Å²) in [6.45, 7) is 9.64. The first-order chi connectivity index (χ1) is 10.1. The third-order valence-electron chi connectivity index (χ3n) is 3.57. The molecule has 21 heavy (non-hydrogen) atoms. The van der Waals surface area contributed by atoms with Gasteiger partial charge in [-0.1, -0.05) is 58.9 Å². The highest BCUT2D eigenvalue weighted by molar-refractivity contribution is 5.48. The lowest BCUT2D eigenvalue weighted by Gasteiger charge is -2.16. The summed E-state index contributed by atoms with van der Waals surface area (Å²) < 4.78 is 5.78. The van der Waals surface area contributed by atoms with E-state index in [0.29, 0.717) is 12.0 Å². The van der Waals surface area contributed by atoms with Crippen LogP contribution in [0.1, 0.15) is 66.2 Å². The number of nitrogens with one attached hydrogen (secondary N) is 1. The fraction of sp³-hybridized carbons (Fsp3) is 0.684. The van der Waals surface area contributed by atoms with Gasteiger partial charge in [0.15, 0.2) is 0 Å². The molecule has 0 bridgehead atoms. The standard InChI is InChI=1S/C19H33NO/c1-5-6-7-8-9-11-17(4)20-18-12-10-13-19(14-18)21-15-16(2)3/h10,12-14,16-17,20H,5-9,11,15H2,1-4H3. The summed E-state index contributed by atoms with van der Waals surface area (Å²) in [7, 11) is 0. The summed E-state index contributed by atoms with van der Waals surface area (Å²) in [5.74, 6) is 1.52. The van der Waals surface area contributed by atoms with Crippen LogP contribution in [-0.2, 0) is 0 Å². The fourth-order valence-electron chi connectivity index (χ4n) is 2.35. The van der Waals surface area contributed by atoms with Crippen molar-refractivity contribution >= 4 is 5.69 Å². The molecule has 1 atom stereocenters. The van der Waals surface area contributed by atoms with Crippen LogP contribution >= 0.6 is 0 Å². The highest BCUT2D eigenvalue weighted by atomic mass is 16.5. The van der Waals surface area contributed by atoms with Gasteiger partial charge in [0.1, 0.15) is 5.75 Å². The maximum absolute atomic E-state index is 5.78. The number of benzene rings is 1. The van der Waals surface area contributed by atoms with Gasteiger partial charge in [-0.3, -0.25) is 0 Å². The SMILES string of the molecule is CCCCCCCC(C)Nc1cccc(OCC(C)C)c1. The van der Waals surface area contributed by atoms with Crippen LogP contribution in [0.15, 0.2) is 24.3 Å². The summed E-state index contributed by atoms with van der Waals surface area (Å²) in [5, 5.41) is 3.58. The van der Waals surface area contributed by atoms with E-state index >= 15 is 0 Å². The van der Waals surface area contributed by atoms with Gasteiger partial charge in [-0.25, -0.2) is 0 Å². The molecule has 0 saturated carbocycles. The topological polar surface area (TPSA) is 21.3 Å². The zero-order chi connectivity index (χ0) is 15.5. The van der Waals surface area contributed by atoms with E-state index in [0.717, 1.165) is 18.0 Å². The lowest BCUT2D eigenvalue weighted by atomic mass is 10.1. The maximum atomic E-state index is 5.78. The van der Waals surface area contributed by atoms with E-state index in [9.17, 15) is 0 Å². The van der Waals surface area contributed by atoms with Crippen molar-refractivity contribution in [2.24, 2.45) is 5.92 Å². The van der Waals surface area contributed by atoms with E-state index in [1.807, 2.05) is 6.07 Å². The molecule has 0 heterocycles. The van der Waals surface area contributed by atoms with Gasteiger partial charge in [0, 0.05) is 17.8 Å². The normalized spacial score (nSPS) is 12.4. The lowest BCUT2D eigenvalue weighted by molar-refractivity contribution is 0.271. The average molecular weight is 291 g/mol. The van der Waals surface area contributed by atoms with E-state index in [1.54, 1.807) is 0 Å². The number of ether oxygens (including phenoxy) is 1. The molecule has 1 rings (SSSR count). The zero-order valence-electron chi connectivity index (χ0n) is 14.3. The summed E-state index contributed by atoms with van der Waals surface area (Å²) in [4.78, 5) is 0. The van der Waals surface area contributed by atoms with Crippen molar-refractivity contribution in [1.82, 2.24) is 0 Å².